The molecule has 0 fully saturated rings. The zero-order valence-electron chi connectivity index (χ0n) is 15.1. The van der Waals surface area contributed by atoms with Gasteiger partial charge in [0.05, 0.1) is 5.75 Å². The first-order valence-electron chi connectivity index (χ1n) is 8.57. The Kier molecular flexibility index (Phi) is 6.53. The van der Waals surface area contributed by atoms with E-state index < -0.39 is 0 Å². The average molecular weight is 402 g/mol. The molecule has 0 radical (unpaired) electrons. The van der Waals surface area contributed by atoms with Gasteiger partial charge in [-0.15, -0.1) is 10.2 Å². The molecule has 0 aliphatic carbocycles. The van der Waals surface area contributed by atoms with E-state index in [0.29, 0.717) is 28.2 Å². The van der Waals surface area contributed by atoms with Crippen LogP contribution in [0.4, 0.5) is 5.69 Å². The number of thioether (sulfide) groups is 1. The summed E-state index contributed by atoms with van der Waals surface area (Å²) in [4.78, 5) is 12.2. The van der Waals surface area contributed by atoms with E-state index >= 15 is 0 Å². The molecule has 0 aliphatic rings. The minimum absolute atomic E-state index is 0.150. The number of rotatable bonds is 7. The first-order valence-corrected chi connectivity index (χ1v) is 9.94. The van der Waals surface area contributed by atoms with Crippen LogP contribution in [-0.2, 0) is 11.2 Å². The van der Waals surface area contributed by atoms with Gasteiger partial charge in [-0.1, -0.05) is 66.7 Å². The van der Waals surface area contributed by atoms with E-state index in [0.717, 1.165) is 5.56 Å². The van der Waals surface area contributed by atoms with Crippen molar-refractivity contribution in [1.29, 1.82) is 0 Å². The van der Waals surface area contributed by atoms with Crippen LogP contribution in [0.25, 0.3) is 0 Å². The van der Waals surface area contributed by atoms with E-state index in [4.69, 9.17) is 16.0 Å². The quantitative estimate of drug-likeness (QED) is 0.557. The van der Waals surface area contributed by atoms with E-state index in [1.54, 1.807) is 12.1 Å². The largest absolute Gasteiger partial charge is 0.416 e. The SMILES string of the molecule is Cc1ccc(Cl)cc1NC(=O)CSc1nnc(CC(C)c2ccccc2)o1. The zero-order chi connectivity index (χ0) is 19.2. The maximum atomic E-state index is 12.2. The Morgan fingerprint density at radius 2 is 2.00 bits per heavy atom. The molecule has 3 rings (SSSR count). The Labute approximate surface area is 167 Å². The van der Waals surface area contributed by atoms with Crippen LogP contribution >= 0.6 is 23.4 Å². The highest BCUT2D eigenvalue weighted by Gasteiger charge is 2.14. The number of carbonyl (C=O) groups excluding carboxylic acids is 1. The van der Waals surface area contributed by atoms with Gasteiger partial charge in [0.25, 0.3) is 5.22 Å². The molecule has 7 heteroatoms. The number of aromatic nitrogens is 2. The van der Waals surface area contributed by atoms with Gasteiger partial charge in [-0.3, -0.25) is 4.79 Å². The van der Waals surface area contributed by atoms with Crippen LogP contribution in [-0.4, -0.2) is 21.9 Å². The lowest BCUT2D eigenvalue weighted by molar-refractivity contribution is -0.113. The molecular formula is C20H20ClN3O2S. The van der Waals surface area contributed by atoms with E-state index in [9.17, 15) is 4.79 Å². The predicted molar refractivity (Wildman–Crippen MR) is 108 cm³/mol. The third-order valence-corrected chi connectivity index (χ3v) is 5.15. The number of hydrogen-bond donors (Lipinski definition) is 1. The molecule has 1 heterocycles. The summed E-state index contributed by atoms with van der Waals surface area (Å²) >= 11 is 7.19. The Bertz CT molecular complexity index is 915. The predicted octanol–water partition coefficient (Wildman–Crippen LogP) is 5.11. The number of amides is 1. The van der Waals surface area contributed by atoms with Crippen molar-refractivity contribution in [3.63, 3.8) is 0 Å². The van der Waals surface area contributed by atoms with Gasteiger partial charge in [-0.25, -0.2) is 0 Å². The molecule has 1 amide bonds. The van der Waals surface area contributed by atoms with Gasteiger partial charge in [0.1, 0.15) is 0 Å². The number of benzene rings is 2. The van der Waals surface area contributed by atoms with Gasteiger partial charge in [0, 0.05) is 17.1 Å². The van der Waals surface area contributed by atoms with Crippen LogP contribution in [0, 0.1) is 6.92 Å². The average Bonchev–Trinajstić information content (AvgIpc) is 3.11. The van der Waals surface area contributed by atoms with Crippen molar-refractivity contribution in [1.82, 2.24) is 10.2 Å². The monoisotopic (exact) mass is 401 g/mol. The van der Waals surface area contributed by atoms with Crippen molar-refractivity contribution in [2.24, 2.45) is 0 Å². The van der Waals surface area contributed by atoms with Crippen molar-refractivity contribution in [2.75, 3.05) is 11.1 Å². The van der Waals surface area contributed by atoms with Gasteiger partial charge < -0.3 is 9.73 Å². The van der Waals surface area contributed by atoms with Crippen molar-refractivity contribution >= 4 is 35.0 Å². The van der Waals surface area contributed by atoms with Crippen molar-refractivity contribution in [3.8, 4) is 0 Å². The molecule has 0 saturated heterocycles. The first kappa shape index (κ1) is 19.5. The summed E-state index contributed by atoms with van der Waals surface area (Å²) in [5.41, 5.74) is 2.88. The van der Waals surface area contributed by atoms with Crippen molar-refractivity contribution in [2.45, 2.75) is 31.4 Å². The molecular weight excluding hydrogens is 382 g/mol. The molecule has 0 aliphatic heterocycles. The number of carbonyl (C=O) groups is 1. The smallest absolute Gasteiger partial charge is 0.277 e. The molecule has 140 valence electrons. The maximum Gasteiger partial charge on any atom is 0.277 e. The molecule has 0 saturated carbocycles. The minimum Gasteiger partial charge on any atom is -0.416 e. The number of hydrogen-bond acceptors (Lipinski definition) is 5. The third kappa shape index (κ3) is 5.58. The summed E-state index contributed by atoms with van der Waals surface area (Å²) in [5, 5.41) is 11.9. The molecule has 2 aromatic carbocycles. The molecule has 0 spiro atoms. The van der Waals surface area contributed by atoms with Gasteiger partial charge >= 0.3 is 0 Å². The second-order valence-electron chi connectivity index (χ2n) is 6.27. The number of aryl methyl sites for hydroxylation is 1. The second-order valence-corrected chi connectivity index (χ2v) is 7.64. The highest BCUT2D eigenvalue weighted by Crippen LogP contribution is 2.23. The molecule has 0 bridgehead atoms. The lowest BCUT2D eigenvalue weighted by atomic mass is 9.98. The fourth-order valence-corrected chi connectivity index (χ4v) is 3.34. The maximum absolute atomic E-state index is 12.2. The molecule has 1 atom stereocenters. The highest BCUT2D eigenvalue weighted by molar-refractivity contribution is 7.99. The van der Waals surface area contributed by atoms with Crippen LogP contribution in [0.5, 0.6) is 0 Å². The van der Waals surface area contributed by atoms with E-state index in [2.05, 4.69) is 34.6 Å². The minimum atomic E-state index is -0.150. The fourth-order valence-electron chi connectivity index (χ4n) is 2.58. The lowest BCUT2D eigenvalue weighted by Crippen LogP contribution is -2.14. The van der Waals surface area contributed by atoms with Crippen LogP contribution in [0.15, 0.2) is 58.2 Å². The Morgan fingerprint density at radius 1 is 1.22 bits per heavy atom. The number of halogens is 1. The van der Waals surface area contributed by atoms with Crippen molar-refractivity contribution < 1.29 is 9.21 Å². The van der Waals surface area contributed by atoms with Gasteiger partial charge in [0.2, 0.25) is 11.8 Å². The zero-order valence-corrected chi connectivity index (χ0v) is 16.7. The molecule has 3 aromatic rings. The second kappa shape index (κ2) is 9.06. The van der Waals surface area contributed by atoms with Crippen LogP contribution in [0.2, 0.25) is 5.02 Å². The normalized spacial score (nSPS) is 12.0. The highest BCUT2D eigenvalue weighted by atomic mass is 35.5. The van der Waals surface area contributed by atoms with E-state index in [1.165, 1.54) is 17.3 Å². The van der Waals surface area contributed by atoms with Crippen LogP contribution < -0.4 is 5.32 Å². The molecule has 27 heavy (non-hydrogen) atoms. The van der Waals surface area contributed by atoms with Crippen LogP contribution in [0.1, 0.15) is 29.9 Å². The molecule has 1 unspecified atom stereocenters. The van der Waals surface area contributed by atoms with Crippen LogP contribution in [0.3, 0.4) is 0 Å². The summed E-state index contributed by atoms with van der Waals surface area (Å²) in [6.45, 7) is 4.03. The van der Waals surface area contributed by atoms with Gasteiger partial charge in [0.15, 0.2) is 0 Å². The Balaban J connectivity index is 1.52. The number of nitrogens with one attached hydrogen (secondary N) is 1. The van der Waals surface area contributed by atoms with Crippen molar-refractivity contribution in [3.05, 3.63) is 70.6 Å². The standard InChI is InChI=1S/C20H20ClN3O2S/c1-13-8-9-16(21)11-17(13)22-18(25)12-27-20-24-23-19(26-20)10-14(2)15-6-4-3-5-7-15/h3-9,11,14H,10,12H2,1-2H3,(H,22,25). The first-order chi connectivity index (χ1) is 13.0. The lowest BCUT2D eigenvalue weighted by Gasteiger charge is -2.08. The Hall–Kier alpha value is -2.31. The number of nitrogens with zero attached hydrogens (tertiary/aromatic N) is 2. The summed E-state index contributed by atoms with van der Waals surface area (Å²) in [6, 6.07) is 15.6. The van der Waals surface area contributed by atoms with Gasteiger partial charge in [-0.05, 0) is 36.1 Å². The molecule has 5 nitrogen and oxygen atoms in total. The van der Waals surface area contributed by atoms with E-state index in [1.807, 2.05) is 31.2 Å². The fraction of sp³-hybridized carbons (Fsp3) is 0.250. The topological polar surface area (TPSA) is 68.0 Å². The van der Waals surface area contributed by atoms with Gasteiger partial charge in [-0.2, -0.15) is 0 Å². The summed E-state index contributed by atoms with van der Waals surface area (Å²) in [6.07, 6.45) is 0.658. The molecule has 1 N–H and O–H groups in total. The van der Waals surface area contributed by atoms with E-state index in [-0.39, 0.29) is 17.6 Å². The Morgan fingerprint density at radius 3 is 2.78 bits per heavy atom. The molecule has 1 aromatic heterocycles. The third-order valence-electron chi connectivity index (χ3n) is 4.10. The summed E-state index contributed by atoms with van der Waals surface area (Å²) in [5.74, 6) is 0.878. The summed E-state index contributed by atoms with van der Waals surface area (Å²) < 4.78 is 5.66. The summed E-state index contributed by atoms with van der Waals surface area (Å²) in [7, 11) is 0. The number of anilines is 1.